The molecular weight excluding hydrogens is 375 g/mol. The van der Waals surface area contributed by atoms with E-state index in [1.165, 1.54) is 7.05 Å². The van der Waals surface area contributed by atoms with Crippen LogP contribution in [0.5, 0.6) is 0 Å². The van der Waals surface area contributed by atoms with Gasteiger partial charge in [0.05, 0.1) is 16.1 Å². The number of hydrogen-bond acceptors (Lipinski definition) is 4. The van der Waals surface area contributed by atoms with Crippen molar-refractivity contribution >= 4 is 45.6 Å². The van der Waals surface area contributed by atoms with Crippen LogP contribution in [0.25, 0.3) is 10.8 Å². The molecule has 0 aliphatic rings. The highest BCUT2D eigenvalue weighted by Gasteiger charge is 2.15. The Morgan fingerprint density at radius 2 is 1.85 bits per heavy atom. The maximum atomic E-state index is 12.5. The van der Waals surface area contributed by atoms with Gasteiger partial charge in [0.2, 0.25) is 0 Å². The number of aromatic nitrogens is 2. The van der Waals surface area contributed by atoms with Crippen LogP contribution in [0, 0.1) is 0 Å². The Kier molecular flexibility index (Phi) is 5.06. The van der Waals surface area contributed by atoms with Gasteiger partial charge in [-0.25, -0.2) is 10.1 Å². The zero-order valence-electron chi connectivity index (χ0n) is 14.0. The van der Waals surface area contributed by atoms with Crippen molar-refractivity contribution in [3.8, 4) is 0 Å². The van der Waals surface area contributed by atoms with Crippen LogP contribution in [0.3, 0.4) is 0 Å². The summed E-state index contributed by atoms with van der Waals surface area (Å²) in [4.78, 5) is 24.7. The Morgan fingerprint density at radius 3 is 2.54 bits per heavy atom. The molecule has 1 amide bonds. The van der Waals surface area contributed by atoms with E-state index in [4.69, 9.17) is 23.2 Å². The maximum Gasteiger partial charge on any atom is 0.292 e. The molecule has 1 heterocycles. The van der Waals surface area contributed by atoms with Crippen molar-refractivity contribution < 1.29 is 4.79 Å². The van der Waals surface area contributed by atoms with Crippen molar-refractivity contribution in [2.75, 3.05) is 0 Å². The number of hydrazone groups is 1. The number of amides is 1. The molecule has 0 radical (unpaired) electrons. The molecule has 0 spiro atoms. The molecule has 0 bridgehead atoms. The lowest BCUT2D eigenvalue weighted by Crippen LogP contribution is -2.27. The van der Waals surface area contributed by atoms with E-state index in [0.29, 0.717) is 32.1 Å². The highest BCUT2D eigenvalue weighted by molar-refractivity contribution is 6.37. The van der Waals surface area contributed by atoms with Crippen LogP contribution < -0.4 is 11.0 Å². The van der Waals surface area contributed by atoms with E-state index >= 15 is 0 Å². The van der Waals surface area contributed by atoms with Crippen LogP contribution in [0.4, 0.5) is 0 Å². The quantitative estimate of drug-likeness (QED) is 0.551. The Balaban J connectivity index is 1.95. The van der Waals surface area contributed by atoms with Gasteiger partial charge in [-0.3, -0.25) is 9.59 Å². The number of nitrogens with one attached hydrogen (secondary N) is 1. The third-order valence-corrected chi connectivity index (χ3v) is 4.37. The van der Waals surface area contributed by atoms with Crippen molar-refractivity contribution in [2.24, 2.45) is 12.1 Å². The van der Waals surface area contributed by atoms with Crippen molar-refractivity contribution in [1.82, 2.24) is 15.2 Å². The Labute approximate surface area is 159 Å². The topological polar surface area (TPSA) is 76.3 Å². The Hall–Kier alpha value is -2.70. The minimum absolute atomic E-state index is 0.112. The molecule has 1 aromatic heterocycles. The largest absolute Gasteiger partial charge is 0.292 e. The smallest absolute Gasteiger partial charge is 0.267 e. The van der Waals surface area contributed by atoms with Gasteiger partial charge in [0, 0.05) is 23.0 Å². The van der Waals surface area contributed by atoms with Crippen LogP contribution in [0.15, 0.2) is 52.4 Å². The number of fused-ring (bicyclic) bond motifs is 1. The lowest BCUT2D eigenvalue weighted by atomic mass is 10.1. The monoisotopic (exact) mass is 388 g/mol. The normalized spacial score (nSPS) is 11.6. The molecule has 2 aromatic carbocycles. The van der Waals surface area contributed by atoms with Crippen molar-refractivity contribution in [2.45, 2.75) is 6.92 Å². The first-order valence-corrected chi connectivity index (χ1v) is 8.40. The number of carbonyl (C=O) groups excluding carboxylic acids is 1. The van der Waals surface area contributed by atoms with Gasteiger partial charge in [0.25, 0.3) is 11.5 Å². The fraction of sp³-hybridized carbons (Fsp3) is 0.111. The number of rotatable bonds is 3. The highest BCUT2D eigenvalue weighted by atomic mass is 35.5. The van der Waals surface area contributed by atoms with Gasteiger partial charge in [0.15, 0.2) is 5.69 Å². The molecule has 1 N–H and O–H groups in total. The zero-order chi connectivity index (χ0) is 18.8. The van der Waals surface area contributed by atoms with E-state index in [-0.39, 0.29) is 11.3 Å². The van der Waals surface area contributed by atoms with Crippen LogP contribution in [0.2, 0.25) is 10.0 Å². The molecular formula is C18H14Cl2N4O2. The van der Waals surface area contributed by atoms with Gasteiger partial charge in [0.1, 0.15) is 0 Å². The van der Waals surface area contributed by atoms with E-state index in [0.717, 1.165) is 4.68 Å². The number of carbonyl (C=O) groups is 1. The molecule has 3 aromatic rings. The van der Waals surface area contributed by atoms with E-state index in [1.54, 1.807) is 49.4 Å². The predicted molar refractivity (Wildman–Crippen MR) is 103 cm³/mol. The summed E-state index contributed by atoms with van der Waals surface area (Å²) < 4.78 is 1.13. The molecule has 0 saturated carbocycles. The number of nitrogens with zero attached hydrogens (tertiary/aromatic N) is 3. The first-order chi connectivity index (χ1) is 12.4. The fourth-order valence-corrected chi connectivity index (χ4v) is 3.04. The highest BCUT2D eigenvalue weighted by Crippen LogP contribution is 2.21. The standard InChI is InChI=1S/C18H14Cl2N4O2/c1-10(12-8-7-11(19)9-15(12)20)21-22-17(25)16-13-5-3-4-6-14(13)18(26)24(2)23-16/h3-9H,1-2H3,(H,22,25)/b21-10+. The van der Waals surface area contributed by atoms with Crippen LogP contribution in [-0.4, -0.2) is 21.4 Å². The summed E-state index contributed by atoms with van der Waals surface area (Å²) in [7, 11) is 1.49. The SMILES string of the molecule is C/C(=N\NC(=O)c1nn(C)c(=O)c2ccccc12)c1ccc(Cl)cc1Cl. The molecule has 0 aliphatic heterocycles. The first-order valence-electron chi connectivity index (χ1n) is 7.64. The molecule has 0 fully saturated rings. The molecule has 8 heteroatoms. The van der Waals surface area contributed by atoms with Crippen molar-refractivity contribution in [3.05, 3.63) is 74.1 Å². The van der Waals surface area contributed by atoms with E-state index in [2.05, 4.69) is 15.6 Å². The summed E-state index contributed by atoms with van der Waals surface area (Å²) >= 11 is 12.0. The van der Waals surface area contributed by atoms with Gasteiger partial charge in [-0.1, -0.05) is 47.5 Å². The third-order valence-electron chi connectivity index (χ3n) is 3.82. The number of aryl methyl sites for hydroxylation is 1. The summed E-state index contributed by atoms with van der Waals surface area (Å²) in [5, 5.41) is 9.96. The average molecular weight is 389 g/mol. The van der Waals surface area contributed by atoms with Crippen LogP contribution in [-0.2, 0) is 7.05 Å². The second kappa shape index (κ2) is 7.27. The molecule has 26 heavy (non-hydrogen) atoms. The van der Waals surface area contributed by atoms with Gasteiger partial charge < -0.3 is 0 Å². The van der Waals surface area contributed by atoms with E-state index in [1.807, 2.05) is 0 Å². The number of benzene rings is 2. The third kappa shape index (κ3) is 3.47. The summed E-state index contributed by atoms with van der Waals surface area (Å²) in [5.41, 5.74) is 3.45. The zero-order valence-corrected chi connectivity index (χ0v) is 15.5. The van der Waals surface area contributed by atoms with Crippen molar-refractivity contribution in [3.63, 3.8) is 0 Å². The minimum atomic E-state index is -0.527. The summed E-state index contributed by atoms with van der Waals surface area (Å²) in [6.45, 7) is 1.71. The van der Waals surface area contributed by atoms with Crippen LogP contribution in [0.1, 0.15) is 23.0 Å². The summed E-state index contributed by atoms with van der Waals surface area (Å²) in [6, 6.07) is 11.8. The molecule has 6 nitrogen and oxygen atoms in total. The van der Waals surface area contributed by atoms with E-state index < -0.39 is 5.91 Å². The van der Waals surface area contributed by atoms with Crippen molar-refractivity contribution in [1.29, 1.82) is 0 Å². The van der Waals surface area contributed by atoms with Gasteiger partial charge in [-0.15, -0.1) is 0 Å². The minimum Gasteiger partial charge on any atom is -0.267 e. The second-order valence-corrected chi connectivity index (χ2v) is 6.43. The lowest BCUT2D eigenvalue weighted by molar-refractivity contribution is 0.0949. The Morgan fingerprint density at radius 1 is 1.15 bits per heavy atom. The Bertz CT molecular complexity index is 1110. The number of halogens is 2. The molecule has 0 aliphatic carbocycles. The lowest BCUT2D eigenvalue weighted by Gasteiger charge is -2.08. The maximum absolute atomic E-state index is 12.5. The molecule has 132 valence electrons. The first kappa shape index (κ1) is 18.1. The van der Waals surface area contributed by atoms with E-state index in [9.17, 15) is 9.59 Å². The molecule has 0 unspecified atom stereocenters. The number of hydrogen-bond donors (Lipinski definition) is 1. The molecule has 0 saturated heterocycles. The van der Waals surface area contributed by atoms with Gasteiger partial charge in [-0.05, 0) is 25.1 Å². The average Bonchev–Trinajstić information content (AvgIpc) is 2.62. The van der Waals surface area contributed by atoms with Gasteiger partial charge >= 0.3 is 0 Å². The second-order valence-electron chi connectivity index (χ2n) is 5.59. The summed E-state index contributed by atoms with van der Waals surface area (Å²) in [5.74, 6) is -0.527. The summed E-state index contributed by atoms with van der Waals surface area (Å²) in [6.07, 6.45) is 0. The van der Waals surface area contributed by atoms with Gasteiger partial charge in [-0.2, -0.15) is 10.2 Å². The predicted octanol–water partition coefficient (Wildman–Crippen LogP) is 3.39. The molecule has 3 rings (SSSR count). The van der Waals surface area contributed by atoms with Crippen LogP contribution >= 0.6 is 23.2 Å². The molecule has 0 atom stereocenters. The fourth-order valence-electron chi connectivity index (χ4n) is 2.50.